The van der Waals surface area contributed by atoms with Gasteiger partial charge in [0, 0.05) is 18.6 Å². The van der Waals surface area contributed by atoms with E-state index in [-0.39, 0.29) is 29.4 Å². The molecule has 154 valence electrons. The fourth-order valence-corrected chi connectivity index (χ4v) is 3.10. The summed E-state index contributed by atoms with van der Waals surface area (Å²) in [6, 6.07) is 13.8. The maximum Gasteiger partial charge on any atom is 0.353 e. The first-order valence-corrected chi connectivity index (χ1v) is 9.19. The van der Waals surface area contributed by atoms with Crippen molar-refractivity contribution >= 4 is 40.6 Å². The van der Waals surface area contributed by atoms with Crippen LogP contribution in [-0.4, -0.2) is 35.0 Å². The molecule has 3 aromatic rings. The number of rotatable bonds is 7. The van der Waals surface area contributed by atoms with E-state index in [0.29, 0.717) is 10.7 Å². The van der Waals surface area contributed by atoms with E-state index in [4.69, 9.17) is 16.3 Å². The predicted molar refractivity (Wildman–Crippen MR) is 113 cm³/mol. The molecule has 0 saturated heterocycles. The third kappa shape index (κ3) is 4.31. The number of nitro groups is 1. The Morgan fingerprint density at radius 1 is 1.20 bits per heavy atom. The van der Waals surface area contributed by atoms with Gasteiger partial charge in [-0.2, -0.15) is 0 Å². The Kier molecular flexibility index (Phi) is 6.43. The van der Waals surface area contributed by atoms with Gasteiger partial charge in [0.1, 0.15) is 6.33 Å². The van der Waals surface area contributed by atoms with E-state index >= 15 is 0 Å². The highest BCUT2D eigenvalue weighted by Gasteiger charge is 2.28. The van der Waals surface area contributed by atoms with Gasteiger partial charge in [-0.25, -0.2) is 14.8 Å². The molecule has 1 N–H and O–H groups in total. The quantitative estimate of drug-likeness (QED) is 0.339. The number of halogens is 1. The number of hydrogen-bond donors (Lipinski definition) is 1. The fourth-order valence-electron chi connectivity index (χ4n) is 2.90. The monoisotopic (exact) mass is 427 g/mol. The molecule has 0 atom stereocenters. The van der Waals surface area contributed by atoms with E-state index in [9.17, 15) is 14.9 Å². The molecular formula is C20H18ClN5O4. The van der Waals surface area contributed by atoms with Crippen LogP contribution in [0, 0.1) is 10.1 Å². The molecule has 0 aliphatic carbocycles. The highest BCUT2D eigenvalue weighted by atomic mass is 35.5. The number of methoxy groups -OCH3 is 1. The Morgan fingerprint density at radius 3 is 2.60 bits per heavy atom. The third-order valence-corrected chi connectivity index (χ3v) is 4.75. The molecule has 0 radical (unpaired) electrons. The van der Waals surface area contributed by atoms with Gasteiger partial charge in [0.05, 0.1) is 23.3 Å². The van der Waals surface area contributed by atoms with Gasteiger partial charge in [-0.05, 0) is 23.8 Å². The Balaban J connectivity index is 2.00. The number of esters is 1. The highest BCUT2D eigenvalue weighted by Crippen LogP contribution is 2.36. The van der Waals surface area contributed by atoms with Gasteiger partial charge in [-0.3, -0.25) is 10.1 Å². The number of carbonyl (C=O) groups excluding carboxylic acids is 1. The Labute approximate surface area is 177 Å². The molecule has 3 rings (SSSR count). The summed E-state index contributed by atoms with van der Waals surface area (Å²) in [5.74, 6) is -0.508. The number of ether oxygens (including phenoxy) is 1. The Bertz CT molecular complexity index is 1090. The molecule has 0 unspecified atom stereocenters. The largest absolute Gasteiger partial charge is 0.465 e. The topological polar surface area (TPSA) is 110 Å². The number of nitrogens with one attached hydrogen (secondary N) is 1. The molecule has 1 heterocycles. The Morgan fingerprint density at radius 2 is 1.90 bits per heavy atom. The van der Waals surface area contributed by atoms with E-state index < -0.39 is 10.9 Å². The SMILES string of the molecule is COC(=O)c1ccccc1N(C)c1ncnc(NCc2ccccc2Cl)c1[N+](=O)[O-]. The van der Waals surface area contributed by atoms with Gasteiger partial charge in [-0.1, -0.05) is 41.9 Å². The van der Waals surface area contributed by atoms with E-state index in [1.54, 1.807) is 43.4 Å². The zero-order valence-corrected chi connectivity index (χ0v) is 17.0. The second-order valence-electron chi connectivity index (χ2n) is 6.16. The van der Waals surface area contributed by atoms with Crippen molar-refractivity contribution < 1.29 is 14.5 Å². The lowest BCUT2D eigenvalue weighted by Crippen LogP contribution is -2.18. The summed E-state index contributed by atoms with van der Waals surface area (Å²) in [6.45, 7) is 0.236. The maximum absolute atomic E-state index is 12.1. The summed E-state index contributed by atoms with van der Waals surface area (Å²) in [4.78, 5) is 33.0. The number of hydrogen-bond acceptors (Lipinski definition) is 8. The number of anilines is 3. The van der Waals surface area contributed by atoms with Crippen molar-refractivity contribution in [2.24, 2.45) is 0 Å². The molecule has 0 saturated carbocycles. The summed E-state index contributed by atoms with van der Waals surface area (Å²) in [6.07, 6.45) is 1.22. The lowest BCUT2D eigenvalue weighted by molar-refractivity contribution is -0.383. The standard InChI is InChI=1S/C20H18ClN5O4/c1-25(16-10-6-4-8-14(16)20(27)30-2)19-17(26(28)29)18(23-12-24-19)22-11-13-7-3-5-9-15(13)21/h3-10,12H,11H2,1-2H3,(H,22,23,24). The van der Waals surface area contributed by atoms with Crippen LogP contribution >= 0.6 is 11.6 Å². The minimum Gasteiger partial charge on any atom is -0.465 e. The first kappa shape index (κ1) is 21.0. The molecule has 10 heteroatoms. The summed E-state index contributed by atoms with van der Waals surface area (Å²) in [5, 5.41) is 15.4. The van der Waals surface area contributed by atoms with Crippen molar-refractivity contribution in [2.75, 3.05) is 24.4 Å². The zero-order valence-electron chi connectivity index (χ0n) is 16.2. The van der Waals surface area contributed by atoms with Crippen LogP contribution in [-0.2, 0) is 11.3 Å². The summed E-state index contributed by atoms with van der Waals surface area (Å²) in [5.41, 5.74) is 1.09. The zero-order chi connectivity index (χ0) is 21.7. The Hall–Kier alpha value is -3.72. The van der Waals surface area contributed by atoms with E-state index in [0.717, 1.165) is 5.56 Å². The number of carbonyl (C=O) groups is 1. The van der Waals surface area contributed by atoms with Crippen LogP contribution in [0.3, 0.4) is 0 Å². The number of para-hydroxylation sites is 1. The molecule has 0 fully saturated rings. The summed E-state index contributed by atoms with van der Waals surface area (Å²) in [7, 11) is 2.85. The smallest absolute Gasteiger partial charge is 0.353 e. The van der Waals surface area contributed by atoms with Crippen molar-refractivity contribution in [1.29, 1.82) is 0 Å². The van der Waals surface area contributed by atoms with Crippen LogP contribution in [0.5, 0.6) is 0 Å². The van der Waals surface area contributed by atoms with Crippen LogP contribution in [0.4, 0.5) is 23.0 Å². The molecule has 9 nitrogen and oxygen atoms in total. The third-order valence-electron chi connectivity index (χ3n) is 4.38. The minimum absolute atomic E-state index is 0.0213. The molecule has 1 aromatic heterocycles. The molecule has 30 heavy (non-hydrogen) atoms. The van der Waals surface area contributed by atoms with E-state index in [1.165, 1.54) is 18.3 Å². The van der Waals surface area contributed by atoms with Crippen LogP contribution in [0.1, 0.15) is 15.9 Å². The number of benzene rings is 2. The summed E-state index contributed by atoms with van der Waals surface area (Å²) < 4.78 is 4.81. The average Bonchev–Trinajstić information content (AvgIpc) is 2.77. The minimum atomic E-state index is -0.568. The summed E-state index contributed by atoms with van der Waals surface area (Å²) >= 11 is 6.16. The van der Waals surface area contributed by atoms with Gasteiger partial charge >= 0.3 is 11.7 Å². The fraction of sp³-hybridized carbons (Fsp3) is 0.150. The number of nitrogens with zero attached hydrogens (tertiary/aromatic N) is 4. The lowest BCUT2D eigenvalue weighted by atomic mass is 10.1. The van der Waals surface area contributed by atoms with Gasteiger partial charge in [-0.15, -0.1) is 0 Å². The second-order valence-corrected chi connectivity index (χ2v) is 6.57. The van der Waals surface area contributed by atoms with Crippen molar-refractivity contribution in [3.8, 4) is 0 Å². The molecule has 0 bridgehead atoms. The maximum atomic E-state index is 12.1. The van der Waals surface area contributed by atoms with Crippen molar-refractivity contribution in [3.05, 3.63) is 81.1 Å². The van der Waals surface area contributed by atoms with Crippen LogP contribution in [0.2, 0.25) is 5.02 Å². The second kappa shape index (κ2) is 9.19. The highest BCUT2D eigenvalue weighted by molar-refractivity contribution is 6.31. The van der Waals surface area contributed by atoms with Crippen molar-refractivity contribution in [3.63, 3.8) is 0 Å². The van der Waals surface area contributed by atoms with Gasteiger partial charge in [0.2, 0.25) is 11.6 Å². The van der Waals surface area contributed by atoms with E-state index in [1.807, 2.05) is 12.1 Å². The van der Waals surface area contributed by atoms with Crippen LogP contribution in [0.15, 0.2) is 54.9 Å². The van der Waals surface area contributed by atoms with Crippen molar-refractivity contribution in [1.82, 2.24) is 9.97 Å². The number of aromatic nitrogens is 2. The molecule has 0 aliphatic rings. The predicted octanol–water partition coefficient (Wildman–Crippen LogP) is 4.20. The lowest BCUT2D eigenvalue weighted by Gasteiger charge is -2.21. The first-order valence-electron chi connectivity index (χ1n) is 8.81. The molecule has 0 amide bonds. The molecule has 2 aromatic carbocycles. The molecule has 0 spiro atoms. The normalized spacial score (nSPS) is 10.4. The molecular weight excluding hydrogens is 410 g/mol. The first-order chi connectivity index (χ1) is 14.4. The van der Waals surface area contributed by atoms with Crippen molar-refractivity contribution in [2.45, 2.75) is 6.54 Å². The molecule has 0 aliphatic heterocycles. The van der Waals surface area contributed by atoms with Gasteiger partial charge in [0.15, 0.2) is 0 Å². The van der Waals surface area contributed by atoms with Gasteiger partial charge < -0.3 is 15.0 Å². The van der Waals surface area contributed by atoms with Gasteiger partial charge in [0.25, 0.3) is 0 Å². The average molecular weight is 428 g/mol. The van der Waals surface area contributed by atoms with Crippen LogP contribution < -0.4 is 10.2 Å². The van der Waals surface area contributed by atoms with Crippen LogP contribution in [0.25, 0.3) is 0 Å². The van der Waals surface area contributed by atoms with E-state index in [2.05, 4.69) is 15.3 Å².